The van der Waals surface area contributed by atoms with Crippen LogP contribution in [0.3, 0.4) is 0 Å². The van der Waals surface area contributed by atoms with Crippen LogP contribution in [0.5, 0.6) is 0 Å². The maximum Gasteiger partial charge on any atom is 0.250 e. The Balaban J connectivity index is 1.80. The van der Waals surface area contributed by atoms with E-state index in [2.05, 4.69) is 37.2 Å². The van der Waals surface area contributed by atoms with E-state index in [9.17, 15) is 4.79 Å². The van der Waals surface area contributed by atoms with Crippen molar-refractivity contribution in [2.45, 2.75) is 6.92 Å². The molecule has 140 valence electrons. The lowest BCUT2D eigenvalue weighted by molar-refractivity contribution is 0.100. The van der Waals surface area contributed by atoms with Crippen molar-refractivity contribution in [2.24, 2.45) is 5.73 Å². The van der Waals surface area contributed by atoms with Gasteiger partial charge in [0.1, 0.15) is 11.3 Å². The van der Waals surface area contributed by atoms with E-state index < -0.39 is 5.91 Å². The standard InChI is InChI=1S/C19H23N7O/c1-2-26(25-11-9-21-10-12-25)19-14(6-4-8-22-19)18-23-15-7-3-5-13(17(20)27)16(15)24-18/h3-8,21H,2,9-12H2,1H3,(H2,20,27)(H,23,24). The van der Waals surface area contributed by atoms with Gasteiger partial charge in [-0.2, -0.15) is 0 Å². The number of fused-ring (bicyclic) bond motifs is 1. The molecule has 0 radical (unpaired) electrons. The van der Waals surface area contributed by atoms with Crippen LogP contribution in [0.2, 0.25) is 0 Å². The summed E-state index contributed by atoms with van der Waals surface area (Å²) in [6.07, 6.45) is 1.79. The number of hydrazine groups is 1. The van der Waals surface area contributed by atoms with Gasteiger partial charge in [-0.25, -0.2) is 15.0 Å². The number of nitrogens with one attached hydrogen (secondary N) is 2. The molecule has 0 spiro atoms. The van der Waals surface area contributed by atoms with Crippen molar-refractivity contribution in [2.75, 3.05) is 37.7 Å². The number of amides is 1. The number of aromatic nitrogens is 3. The molecule has 1 amide bonds. The normalized spacial score (nSPS) is 15.1. The van der Waals surface area contributed by atoms with Crippen molar-refractivity contribution in [3.63, 3.8) is 0 Å². The van der Waals surface area contributed by atoms with Gasteiger partial charge in [-0.1, -0.05) is 6.07 Å². The molecule has 1 aliphatic heterocycles. The Morgan fingerprint density at radius 2 is 2.07 bits per heavy atom. The molecular weight excluding hydrogens is 342 g/mol. The number of hydrogen-bond acceptors (Lipinski definition) is 6. The van der Waals surface area contributed by atoms with Crippen LogP contribution >= 0.6 is 0 Å². The monoisotopic (exact) mass is 365 g/mol. The van der Waals surface area contributed by atoms with Gasteiger partial charge in [0.25, 0.3) is 5.91 Å². The smallest absolute Gasteiger partial charge is 0.250 e. The molecule has 8 heteroatoms. The third kappa shape index (κ3) is 3.24. The number of pyridine rings is 1. The molecule has 3 aromatic rings. The first kappa shape index (κ1) is 17.4. The molecule has 1 saturated heterocycles. The number of hydrogen-bond donors (Lipinski definition) is 3. The number of carbonyl (C=O) groups excluding carboxylic acids is 1. The van der Waals surface area contributed by atoms with Gasteiger partial charge in [0.15, 0.2) is 5.82 Å². The number of anilines is 1. The van der Waals surface area contributed by atoms with E-state index in [0.29, 0.717) is 16.9 Å². The van der Waals surface area contributed by atoms with E-state index >= 15 is 0 Å². The Labute approximate surface area is 157 Å². The number of aromatic amines is 1. The van der Waals surface area contributed by atoms with Gasteiger partial charge in [0, 0.05) is 38.9 Å². The van der Waals surface area contributed by atoms with Crippen LogP contribution in [0, 0.1) is 0 Å². The predicted octanol–water partition coefficient (Wildman–Crippen LogP) is 1.37. The quantitative estimate of drug-likeness (QED) is 0.631. The lowest BCUT2D eigenvalue weighted by Crippen LogP contribution is -2.53. The van der Waals surface area contributed by atoms with Crippen molar-refractivity contribution in [3.8, 4) is 11.4 Å². The molecule has 1 aromatic carbocycles. The number of H-pyrrole nitrogens is 1. The number of carbonyl (C=O) groups is 1. The zero-order valence-electron chi connectivity index (χ0n) is 15.3. The van der Waals surface area contributed by atoms with Crippen LogP contribution in [-0.4, -0.2) is 58.6 Å². The van der Waals surface area contributed by atoms with Crippen LogP contribution in [-0.2, 0) is 0 Å². The predicted molar refractivity (Wildman–Crippen MR) is 105 cm³/mol. The number of benzene rings is 1. The molecule has 0 saturated carbocycles. The summed E-state index contributed by atoms with van der Waals surface area (Å²) in [5.41, 5.74) is 8.17. The molecule has 4 rings (SSSR count). The summed E-state index contributed by atoms with van der Waals surface area (Å²) < 4.78 is 0. The van der Waals surface area contributed by atoms with Gasteiger partial charge in [-0.3, -0.25) is 9.80 Å². The molecule has 1 fully saturated rings. The zero-order valence-corrected chi connectivity index (χ0v) is 15.3. The van der Waals surface area contributed by atoms with Crippen LogP contribution < -0.4 is 16.1 Å². The Morgan fingerprint density at radius 1 is 1.26 bits per heavy atom. The number of primary amides is 1. The number of nitrogens with zero attached hydrogens (tertiary/aromatic N) is 4. The summed E-state index contributed by atoms with van der Waals surface area (Å²) in [6.45, 7) is 6.67. The minimum atomic E-state index is -0.485. The van der Waals surface area contributed by atoms with E-state index in [1.165, 1.54) is 0 Å². The average Bonchev–Trinajstić information content (AvgIpc) is 3.14. The highest BCUT2D eigenvalue weighted by Crippen LogP contribution is 2.30. The summed E-state index contributed by atoms with van der Waals surface area (Å²) in [6, 6.07) is 9.27. The molecule has 8 nitrogen and oxygen atoms in total. The van der Waals surface area contributed by atoms with Gasteiger partial charge in [0.2, 0.25) is 0 Å². The van der Waals surface area contributed by atoms with Crippen molar-refractivity contribution in [3.05, 3.63) is 42.1 Å². The Hall–Kier alpha value is -2.97. The summed E-state index contributed by atoms with van der Waals surface area (Å²) in [5.74, 6) is 1.04. The van der Waals surface area contributed by atoms with E-state index in [1.807, 2.05) is 18.2 Å². The zero-order chi connectivity index (χ0) is 18.8. The van der Waals surface area contributed by atoms with E-state index in [1.54, 1.807) is 18.3 Å². The van der Waals surface area contributed by atoms with Crippen LogP contribution in [0.25, 0.3) is 22.4 Å². The maximum atomic E-state index is 11.7. The third-order valence-electron chi connectivity index (χ3n) is 4.80. The number of piperazine rings is 1. The van der Waals surface area contributed by atoms with Crippen molar-refractivity contribution >= 4 is 22.8 Å². The molecule has 27 heavy (non-hydrogen) atoms. The van der Waals surface area contributed by atoms with E-state index in [0.717, 1.165) is 49.6 Å². The van der Waals surface area contributed by atoms with E-state index in [4.69, 9.17) is 5.73 Å². The van der Waals surface area contributed by atoms with Crippen molar-refractivity contribution in [1.29, 1.82) is 0 Å². The summed E-state index contributed by atoms with van der Waals surface area (Å²) >= 11 is 0. The van der Waals surface area contributed by atoms with E-state index in [-0.39, 0.29) is 0 Å². The fourth-order valence-corrected chi connectivity index (χ4v) is 3.52. The second-order valence-electron chi connectivity index (χ2n) is 6.45. The van der Waals surface area contributed by atoms with Crippen molar-refractivity contribution < 1.29 is 4.79 Å². The summed E-state index contributed by atoms with van der Waals surface area (Å²) in [4.78, 5) is 24.4. The average molecular weight is 365 g/mol. The number of nitrogens with two attached hydrogens (primary N) is 1. The molecule has 2 aromatic heterocycles. The van der Waals surface area contributed by atoms with Gasteiger partial charge in [-0.05, 0) is 31.2 Å². The Kier molecular flexibility index (Phi) is 4.74. The van der Waals surface area contributed by atoms with Gasteiger partial charge in [0.05, 0.1) is 16.6 Å². The maximum absolute atomic E-state index is 11.7. The fraction of sp³-hybridized carbons (Fsp3) is 0.316. The fourth-order valence-electron chi connectivity index (χ4n) is 3.52. The highest BCUT2D eigenvalue weighted by atomic mass is 16.1. The summed E-state index contributed by atoms with van der Waals surface area (Å²) in [7, 11) is 0. The second kappa shape index (κ2) is 7.34. The SMILES string of the molecule is CCN(c1ncccc1-c1nc2c(C(N)=O)cccc2[nH]1)N1CCNCC1. The minimum absolute atomic E-state index is 0.412. The third-order valence-corrected chi connectivity index (χ3v) is 4.80. The lowest BCUT2D eigenvalue weighted by atomic mass is 10.2. The number of imidazole rings is 1. The molecule has 0 unspecified atom stereocenters. The molecule has 0 atom stereocenters. The number of para-hydroxylation sites is 1. The highest BCUT2D eigenvalue weighted by Gasteiger charge is 2.22. The van der Waals surface area contributed by atoms with Gasteiger partial charge < -0.3 is 16.0 Å². The van der Waals surface area contributed by atoms with Crippen LogP contribution in [0.1, 0.15) is 17.3 Å². The molecule has 1 aliphatic rings. The van der Waals surface area contributed by atoms with Crippen LogP contribution in [0.15, 0.2) is 36.5 Å². The minimum Gasteiger partial charge on any atom is -0.366 e. The summed E-state index contributed by atoms with van der Waals surface area (Å²) in [5, 5.41) is 7.87. The molecule has 3 heterocycles. The molecular formula is C19H23N7O. The highest BCUT2D eigenvalue weighted by molar-refractivity contribution is 6.04. The van der Waals surface area contributed by atoms with Gasteiger partial charge in [-0.15, -0.1) is 0 Å². The van der Waals surface area contributed by atoms with Crippen LogP contribution in [0.4, 0.5) is 5.82 Å². The first-order valence-electron chi connectivity index (χ1n) is 9.16. The Morgan fingerprint density at radius 3 is 2.81 bits per heavy atom. The topological polar surface area (TPSA) is 103 Å². The largest absolute Gasteiger partial charge is 0.366 e. The Bertz CT molecular complexity index is 962. The molecule has 0 bridgehead atoms. The first-order chi connectivity index (χ1) is 13.2. The first-order valence-corrected chi connectivity index (χ1v) is 9.16. The number of rotatable bonds is 5. The molecule has 0 aliphatic carbocycles. The lowest BCUT2D eigenvalue weighted by Gasteiger charge is -2.38. The molecule has 4 N–H and O–H groups in total. The second-order valence-corrected chi connectivity index (χ2v) is 6.45. The van der Waals surface area contributed by atoms with Gasteiger partial charge >= 0.3 is 0 Å². The van der Waals surface area contributed by atoms with Crippen molar-refractivity contribution in [1.82, 2.24) is 25.3 Å².